The number of halogens is 1. The number of aromatic nitrogens is 1. The molecule has 0 aliphatic heterocycles. The second kappa shape index (κ2) is 8.38. The Bertz CT molecular complexity index is 694. The van der Waals surface area contributed by atoms with Crippen molar-refractivity contribution in [2.24, 2.45) is 4.99 Å². The topological polar surface area (TPSA) is 52.2 Å². The third-order valence-corrected chi connectivity index (χ3v) is 4.25. The highest BCUT2D eigenvalue weighted by Gasteiger charge is 2.11. The largest absolute Gasteiger partial charge is 0.361 e. The van der Waals surface area contributed by atoms with E-state index in [1.165, 1.54) is 22.0 Å². The van der Waals surface area contributed by atoms with Gasteiger partial charge in [0, 0.05) is 36.7 Å². The van der Waals surface area contributed by atoms with E-state index in [4.69, 9.17) is 0 Å². The first kappa shape index (κ1) is 17.8. The normalized spacial score (nSPS) is 15.0. The minimum Gasteiger partial charge on any atom is -0.361 e. The number of nitrogens with one attached hydrogen (secondary N) is 3. The van der Waals surface area contributed by atoms with Crippen molar-refractivity contribution >= 4 is 40.8 Å². The smallest absolute Gasteiger partial charge is 0.191 e. The van der Waals surface area contributed by atoms with Gasteiger partial charge in [-0.25, -0.2) is 0 Å². The molecule has 0 atom stereocenters. The molecule has 0 radical (unpaired) electrons. The molecule has 0 fully saturated rings. The van der Waals surface area contributed by atoms with Crippen molar-refractivity contribution in [1.82, 2.24) is 15.6 Å². The summed E-state index contributed by atoms with van der Waals surface area (Å²) in [7, 11) is 1.83. The van der Waals surface area contributed by atoms with Crippen LogP contribution in [0.15, 0.2) is 41.5 Å². The number of rotatable bonds is 4. The van der Waals surface area contributed by atoms with E-state index in [-0.39, 0.29) is 24.0 Å². The summed E-state index contributed by atoms with van der Waals surface area (Å²) in [6.07, 6.45) is 9.72. The van der Waals surface area contributed by atoms with Crippen LogP contribution < -0.4 is 10.6 Å². The molecule has 124 valence electrons. The molecule has 0 saturated heterocycles. The van der Waals surface area contributed by atoms with Crippen molar-refractivity contribution in [2.45, 2.75) is 32.2 Å². The predicted octanol–water partition coefficient (Wildman–Crippen LogP) is 3.52. The third-order valence-electron chi connectivity index (χ3n) is 4.25. The Hall–Kier alpha value is -1.50. The van der Waals surface area contributed by atoms with Gasteiger partial charge in [-0.15, -0.1) is 24.0 Å². The van der Waals surface area contributed by atoms with Gasteiger partial charge in [-0.1, -0.05) is 24.3 Å². The number of benzene rings is 1. The molecule has 0 saturated carbocycles. The maximum Gasteiger partial charge on any atom is 0.191 e. The van der Waals surface area contributed by atoms with E-state index in [0.29, 0.717) is 6.04 Å². The minimum absolute atomic E-state index is 0. The lowest BCUT2D eigenvalue weighted by Crippen LogP contribution is -2.43. The number of nitrogens with zero attached hydrogens (tertiary/aromatic N) is 1. The first-order valence-electron chi connectivity index (χ1n) is 7.95. The van der Waals surface area contributed by atoms with Crippen LogP contribution in [0.5, 0.6) is 0 Å². The first-order valence-corrected chi connectivity index (χ1v) is 7.95. The Labute approximate surface area is 154 Å². The molecule has 1 aromatic heterocycles. The fourth-order valence-electron chi connectivity index (χ4n) is 3.09. The molecule has 23 heavy (non-hydrogen) atoms. The molecule has 0 unspecified atom stereocenters. The van der Waals surface area contributed by atoms with Gasteiger partial charge in [0.15, 0.2) is 5.96 Å². The van der Waals surface area contributed by atoms with E-state index < -0.39 is 0 Å². The Balaban J connectivity index is 0.00000192. The molecular weight excluding hydrogens is 399 g/mol. The van der Waals surface area contributed by atoms with Crippen molar-refractivity contribution in [3.63, 3.8) is 0 Å². The highest BCUT2D eigenvalue weighted by molar-refractivity contribution is 14.0. The summed E-state index contributed by atoms with van der Waals surface area (Å²) >= 11 is 0. The van der Waals surface area contributed by atoms with Crippen LogP contribution in [0.1, 0.15) is 24.0 Å². The lowest BCUT2D eigenvalue weighted by molar-refractivity contribution is 0.633. The molecule has 0 bridgehead atoms. The average molecular weight is 424 g/mol. The summed E-state index contributed by atoms with van der Waals surface area (Å²) in [5.41, 5.74) is 3.90. The fraction of sp³-hybridized carbons (Fsp3) is 0.389. The Morgan fingerprint density at radius 3 is 2.83 bits per heavy atom. The Morgan fingerprint density at radius 2 is 2.09 bits per heavy atom. The van der Waals surface area contributed by atoms with Crippen molar-refractivity contribution in [1.29, 1.82) is 0 Å². The van der Waals surface area contributed by atoms with Crippen LogP contribution in [0.25, 0.3) is 10.9 Å². The summed E-state index contributed by atoms with van der Waals surface area (Å²) < 4.78 is 0. The van der Waals surface area contributed by atoms with E-state index in [0.717, 1.165) is 31.8 Å². The van der Waals surface area contributed by atoms with Crippen molar-refractivity contribution in [3.8, 4) is 0 Å². The minimum atomic E-state index is 0. The summed E-state index contributed by atoms with van der Waals surface area (Å²) in [5.74, 6) is 0.894. The molecule has 2 aromatic rings. The maximum atomic E-state index is 4.31. The summed E-state index contributed by atoms with van der Waals surface area (Å²) in [5, 5.41) is 8.23. The summed E-state index contributed by atoms with van der Waals surface area (Å²) in [6.45, 7) is 3.04. The van der Waals surface area contributed by atoms with Crippen LogP contribution in [0.3, 0.4) is 0 Å². The van der Waals surface area contributed by atoms with Crippen molar-refractivity contribution in [3.05, 3.63) is 47.7 Å². The van der Waals surface area contributed by atoms with E-state index in [1.54, 1.807) is 0 Å². The van der Waals surface area contributed by atoms with E-state index in [1.807, 2.05) is 7.05 Å². The molecule has 1 aliphatic carbocycles. The van der Waals surface area contributed by atoms with Crippen LogP contribution in [0.4, 0.5) is 0 Å². The molecule has 0 amide bonds. The second-order valence-electron chi connectivity index (χ2n) is 5.84. The molecule has 5 heteroatoms. The lowest BCUT2D eigenvalue weighted by atomic mass is 10.1. The number of hydrogen-bond acceptors (Lipinski definition) is 1. The molecule has 1 aromatic carbocycles. The van der Waals surface area contributed by atoms with Gasteiger partial charge < -0.3 is 15.6 Å². The monoisotopic (exact) mass is 424 g/mol. The first-order chi connectivity index (χ1) is 10.8. The molecule has 3 rings (SSSR count). The lowest BCUT2D eigenvalue weighted by Gasteiger charge is -2.16. The van der Waals surface area contributed by atoms with Crippen LogP contribution in [-0.4, -0.2) is 30.6 Å². The van der Waals surface area contributed by atoms with Crippen molar-refractivity contribution < 1.29 is 0 Å². The fourth-order valence-corrected chi connectivity index (χ4v) is 3.09. The van der Waals surface area contributed by atoms with E-state index in [2.05, 4.69) is 64.1 Å². The highest BCUT2D eigenvalue weighted by Crippen LogP contribution is 2.22. The SMILES string of the molecule is CN=C(NCCc1c[nH]c2cccc(C)c12)NC1CC=CC1.I. The number of fused-ring (bicyclic) bond motifs is 1. The molecular formula is C18H25IN4. The highest BCUT2D eigenvalue weighted by atomic mass is 127. The van der Waals surface area contributed by atoms with Crippen LogP contribution >= 0.6 is 24.0 Å². The second-order valence-corrected chi connectivity index (χ2v) is 5.84. The quantitative estimate of drug-likeness (QED) is 0.305. The van der Waals surface area contributed by atoms with Crippen LogP contribution in [-0.2, 0) is 6.42 Å². The van der Waals surface area contributed by atoms with Gasteiger partial charge >= 0.3 is 0 Å². The Kier molecular flexibility index (Phi) is 6.50. The molecule has 1 heterocycles. The molecule has 4 nitrogen and oxygen atoms in total. The zero-order valence-corrected chi connectivity index (χ0v) is 16.1. The maximum absolute atomic E-state index is 4.31. The number of aromatic amines is 1. The van der Waals surface area contributed by atoms with E-state index in [9.17, 15) is 0 Å². The summed E-state index contributed by atoms with van der Waals surface area (Å²) in [4.78, 5) is 7.67. The Morgan fingerprint density at radius 1 is 1.30 bits per heavy atom. The van der Waals surface area contributed by atoms with Gasteiger partial charge in [-0.3, -0.25) is 4.99 Å². The molecule has 1 aliphatic rings. The predicted molar refractivity (Wildman–Crippen MR) is 109 cm³/mol. The van der Waals surface area contributed by atoms with Gasteiger partial charge in [0.25, 0.3) is 0 Å². The number of aliphatic imine (C=N–C) groups is 1. The third kappa shape index (κ3) is 4.28. The number of guanidine groups is 1. The van der Waals surface area contributed by atoms with E-state index >= 15 is 0 Å². The van der Waals surface area contributed by atoms with Gasteiger partial charge in [0.05, 0.1) is 0 Å². The van der Waals surface area contributed by atoms with Crippen molar-refractivity contribution in [2.75, 3.05) is 13.6 Å². The van der Waals surface area contributed by atoms with Gasteiger partial charge in [-0.2, -0.15) is 0 Å². The number of hydrogen-bond donors (Lipinski definition) is 3. The average Bonchev–Trinajstić information content (AvgIpc) is 3.17. The zero-order valence-electron chi connectivity index (χ0n) is 13.7. The molecule has 3 N–H and O–H groups in total. The van der Waals surface area contributed by atoms with Crippen LogP contribution in [0, 0.1) is 6.92 Å². The number of aryl methyl sites for hydroxylation is 1. The number of H-pyrrole nitrogens is 1. The zero-order chi connectivity index (χ0) is 15.4. The summed E-state index contributed by atoms with van der Waals surface area (Å²) in [6, 6.07) is 6.88. The standard InChI is InChI=1S/C18H24N4.HI/c1-13-6-5-9-16-17(13)14(12-21-16)10-11-20-18(19-2)22-15-7-3-4-8-15;/h3-6,9,12,15,21H,7-8,10-11H2,1-2H3,(H2,19,20,22);1H. The van der Waals surface area contributed by atoms with Gasteiger partial charge in [-0.05, 0) is 43.4 Å². The van der Waals surface area contributed by atoms with Gasteiger partial charge in [0.1, 0.15) is 0 Å². The van der Waals surface area contributed by atoms with Crippen LogP contribution in [0.2, 0.25) is 0 Å². The molecule has 0 spiro atoms. The van der Waals surface area contributed by atoms with Gasteiger partial charge in [0.2, 0.25) is 0 Å².